The Kier molecular flexibility index (Phi) is 6.43. The molecule has 0 amide bonds. The minimum atomic E-state index is -1.87. The number of H-pyrrole nitrogens is 1. The molecule has 0 bridgehead atoms. The molecule has 22 heavy (non-hydrogen) atoms. The molecule has 1 aromatic rings. The summed E-state index contributed by atoms with van der Waals surface area (Å²) in [4.78, 5) is 36.3. The first-order chi connectivity index (χ1) is 10.3. The smallest absolute Gasteiger partial charge is 0.332 e. The zero-order chi connectivity index (χ0) is 16.9. The number of hydrogen-bond donors (Lipinski definition) is 4. The Bertz CT molecular complexity index is 620. The largest absolute Gasteiger partial charge is 0.469 e. The van der Waals surface area contributed by atoms with Gasteiger partial charge in [0.05, 0.1) is 26.2 Å². The van der Waals surface area contributed by atoms with Crippen LogP contribution in [0.5, 0.6) is 0 Å². The van der Waals surface area contributed by atoms with E-state index in [0.29, 0.717) is 4.57 Å². The molecule has 1 rings (SSSR count). The quantitative estimate of drug-likeness (QED) is 0.317. The van der Waals surface area contributed by atoms with Crippen LogP contribution in [0.4, 0.5) is 0 Å². The van der Waals surface area contributed by atoms with Crippen LogP contribution in [0.1, 0.15) is 18.9 Å². The van der Waals surface area contributed by atoms with Gasteiger partial charge in [0.25, 0.3) is 5.56 Å². The highest BCUT2D eigenvalue weighted by Gasteiger charge is 2.21. The highest BCUT2D eigenvalue weighted by Crippen LogP contribution is 2.09. The second kappa shape index (κ2) is 7.84. The molecule has 0 radical (unpaired) electrons. The van der Waals surface area contributed by atoms with E-state index < -0.39 is 48.9 Å². The average molecular weight is 318 g/mol. The van der Waals surface area contributed by atoms with Crippen molar-refractivity contribution in [2.45, 2.75) is 32.0 Å². The molecule has 1 aromatic heterocycles. The van der Waals surface area contributed by atoms with Crippen molar-refractivity contribution in [3.63, 3.8) is 0 Å². The predicted octanol–water partition coefficient (Wildman–Crippen LogP) is -2.54. The van der Waals surface area contributed by atoms with Gasteiger partial charge in [0.1, 0.15) is 6.10 Å². The highest BCUT2D eigenvalue weighted by atomic mass is 16.6. The SMILES string of the molecule is COC(=O)Cc1cn([C@@H](O)O[C@H](CO)[C@@H](C)O)c(=O)[nH]c1=O. The Hall–Kier alpha value is -2.01. The molecular formula is C12H18N2O8. The third kappa shape index (κ3) is 4.49. The molecule has 3 atom stereocenters. The van der Waals surface area contributed by atoms with E-state index in [1.165, 1.54) is 6.92 Å². The number of esters is 1. The van der Waals surface area contributed by atoms with Crippen LogP contribution in [0.25, 0.3) is 0 Å². The van der Waals surface area contributed by atoms with Crippen molar-refractivity contribution in [3.05, 3.63) is 32.6 Å². The first-order valence-electron chi connectivity index (χ1n) is 6.33. The van der Waals surface area contributed by atoms with E-state index in [1.807, 2.05) is 4.98 Å². The normalized spacial score (nSPS) is 15.1. The van der Waals surface area contributed by atoms with Crippen molar-refractivity contribution in [1.82, 2.24) is 9.55 Å². The van der Waals surface area contributed by atoms with E-state index in [0.717, 1.165) is 13.3 Å². The Balaban J connectivity index is 3.08. The summed E-state index contributed by atoms with van der Waals surface area (Å²) in [6, 6.07) is 0. The van der Waals surface area contributed by atoms with Crippen molar-refractivity contribution < 1.29 is 29.6 Å². The van der Waals surface area contributed by atoms with E-state index in [1.54, 1.807) is 0 Å². The number of nitrogens with one attached hydrogen (secondary N) is 1. The Morgan fingerprint density at radius 1 is 1.41 bits per heavy atom. The first kappa shape index (κ1) is 18.0. The topological polar surface area (TPSA) is 151 Å². The maximum atomic E-state index is 11.7. The van der Waals surface area contributed by atoms with Gasteiger partial charge in [-0.05, 0) is 6.92 Å². The summed E-state index contributed by atoms with van der Waals surface area (Å²) >= 11 is 0. The average Bonchev–Trinajstić information content (AvgIpc) is 2.46. The number of nitrogens with zero attached hydrogens (tertiary/aromatic N) is 1. The number of rotatable bonds is 7. The lowest BCUT2D eigenvalue weighted by Crippen LogP contribution is -2.39. The lowest BCUT2D eigenvalue weighted by molar-refractivity contribution is -0.214. The summed E-state index contributed by atoms with van der Waals surface area (Å²) in [5.41, 5.74) is -1.90. The fraction of sp³-hybridized carbons (Fsp3) is 0.583. The highest BCUT2D eigenvalue weighted by molar-refractivity contribution is 5.72. The summed E-state index contributed by atoms with van der Waals surface area (Å²) in [5, 5.41) is 28.2. The van der Waals surface area contributed by atoms with Crippen molar-refractivity contribution in [2.24, 2.45) is 0 Å². The maximum absolute atomic E-state index is 11.7. The summed E-state index contributed by atoms with van der Waals surface area (Å²) in [6.45, 7) is 0.730. The minimum Gasteiger partial charge on any atom is -0.469 e. The summed E-state index contributed by atoms with van der Waals surface area (Å²) in [6.07, 6.45) is -3.57. The van der Waals surface area contributed by atoms with Gasteiger partial charge in [0.15, 0.2) is 0 Å². The second-order valence-corrected chi connectivity index (χ2v) is 4.50. The van der Waals surface area contributed by atoms with Gasteiger partial charge < -0.3 is 24.8 Å². The van der Waals surface area contributed by atoms with Crippen LogP contribution < -0.4 is 11.2 Å². The number of aromatic amines is 1. The van der Waals surface area contributed by atoms with Gasteiger partial charge in [-0.25, -0.2) is 9.36 Å². The van der Waals surface area contributed by atoms with Gasteiger partial charge in [0.2, 0.25) is 6.41 Å². The van der Waals surface area contributed by atoms with Crippen LogP contribution in [0, 0.1) is 0 Å². The number of aliphatic hydroxyl groups excluding tert-OH is 3. The van der Waals surface area contributed by atoms with Crippen LogP contribution in [-0.2, 0) is 20.7 Å². The van der Waals surface area contributed by atoms with Gasteiger partial charge >= 0.3 is 11.7 Å². The fourth-order valence-electron chi connectivity index (χ4n) is 1.58. The molecular weight excluding hydrogens is 300 g/mol. The van der Waals surface area contributed by atoms with Crippen molar-refractivity contribution >= 4 is 5.97 Å². The van der Waals surface area contributed by atoms with Crippen molar-refractivity contribution in [1.29, 1.82) is 0 Å². The molecule has 4 N–H and O–H groups in total. The van der Waals surface area contributed by atoms with Crippen molar-refractivity contribution in [2.75, 3.05) is 13.7 Å². The van der Waals surface area contributed by atoms with E-state index in [-0.39, 0.29) is 5.56 Å². The van der Waals surface area contributed by atoms with E-state index >= 15 is 0 Å². The van der Waals surface area contributed by atoms with Gasteiger partial charge in [-0.1, -0.05) is 0 Å². The molecule has 10 heteroatoms. The fourth-order valence-corrected chi connectivity index (χ4v) is 1.58. The number of hydrogen-bond acceptors (Lipinski definition) is 8. The molecule has 0 fully saturated rings. The molecule has 1 heterocycles. The molecule has 0 aromatic carbocycles. The molecule has 0 unspecified atom stereocenters. The third-order valence-electron chi connectivity index (χ3n) is 2.86. The standard InChI is InChI=1S/C12H18N2O8/c1-6(16)8(5-15)22-12(20)14-4-7(3-9(17)21-2)10(18)13-11(14)19/h4,6,8,12,15-16,20H,3,5H2,1-2H3,(H,13,18,19)/t6-,8-,12+/m1/s1. The lowest BCUT2D eigenvalue weighted by Gasteiger charge is -2.23. The van der Waals surface area contributed by atoms with E-state index in [2.05, 4.69) is 4.74 Å². The number of ether oxygens (including phenoxy) is 2. The monoisotopic (exact) mass is 318 g/mol. The van der Waals surface area contributed by atoms with E-state index in [9.17, 15) is 24.6 Å². The predicted molar refractivity (Wildman–Crippen MR) is 71.9 cm³/mol. The van der Waals surface area contributed by atoms with Crippen LogP contribution >= 0.6 is 0 Å². The second-order valence-electron chi connectivity index (χ2n) is 4.50. The van der Waals surface area contributed by atoms with Crippen LogP contribution in [0.2, 0.25) is 0 Å². The summed E-state index contributed by atoms with van der Waals surface area (Å²) in [7, 11) is 1.14. The zero-order valence-corrected chi connectivity index (χ0v) is 12.1. The number of carbonyl (C=O) groups excluding carboxylic acids is 1. The maximum Gasteiger partial charge on any atom is 0.332 e. The van der Waals surface area contributed by atoms with E-state index in [4.69, 9.17) is 9.84 Å². The number of aromatic nitrogens is 2. The van der Waals surface area contributed by atoms with Gasteiger partial charge in [-0.15, -0.1) is 0 Å². The number of methoxy groups -OCH3 is 1. The number of carbonyl (C=O) groups is 1. The number of aliphatic hydroxyl groups is 3. The lowest BCUT2D eigenvalue weighted by atomic mass is 10.2. The Labute approximate surface area is 124 Å². The molecule has 0 aliphatic heterocycles. The van der Waals surface area contributed by atoms with Crippen molar-refractivity contribution in [3.8, 4) is 0 Å². The third-order valence-corrected chi connectivity index (χ3v) is 2.86. The van der Waals surface area contributed by atoms with Crippen LogP contribution in [0.15, 0.2) is 15.8 Å². The Morgan fingerprint density at radius 3 is 2.55 bits per heavy atom. The molecule has 0 aliphatic carbocycles. The van der Waals surface area contributed by atoms with Gasteiger partial charge in [0, 0.05) is 11.8 Å². The molecule has 0 spiro atoms. The summed E-state index contributed by atoms with van der Waals surface area (Å²) < 4.78 is 9.96. The van der Waals surface area contributed by atoms with Crippen LogP contribution in [0.3, 0.4) is 0 Å². The first-order valence-corrected chi connectivity index (χ1v) is 6.33. The zero-order valence-electron chi connectivity index (χ0n) is 12.1. The summed E-state index contributed by atoms with van der Waals surface area (Å²) in [5.74, 6) is -0.705. The minimum absolute atomic E-state index is 0.119. The van der Waals surface area contributed by atoms with Crippen LogP contribution in [-0.4, -0.2) is 56.8 Å². The Morgan fingerprint density at radius 2 is 2.05 bits per heavy atom. The molecule has 124 valence electrons. The molecule has 0 aliphatic rings. The van der Waals surface area contributed by atoms with Gasteiger partial charge in [-0.2, -0.15) is 0 Å². The molecule has 0 saturated heterocycles. The molecule has 0 saturated carbocycles. The molecule has 10 nitrogen and oxygen atoms in total. The van der Waals surface area contributed by atoms with Gasteiger partial charge in [-0.3, -0.25) is 14.6 Å².